The fourth-order valence-corrected chi connectivity index (χ4v) is 2.99. The summed E-state index contributed by atoms with van der Waals surface area (Å²) in [4.78, 5) is 25.3. The monoisotopic (exact) mass is 237 g/mol. The van der Waals surface area contributed by atoms with Gasteiger partial charge in [0.25, 0.3) is 0 Å². The zero-order chi connectivity index (χ0) is 12.7. The normalized spacial score (nSPS) is 34.4. The van der Waals surface area contributed by atoms with E-state index in [2.05, 4.69) is 0 Å². The van der Waals surface area contributed by atoms with Crippen molar-refractivity contribution < 1.29 is 14.7 Å². The van der Waals surface area contributed by atoms with Crippen LogP contribution in [0.2, 0.25) is 0 Å². The first-order valence-corrected chi connectivity index (χ1v) is 6.11. The number of carboxylic acids is 1. The molecule has 2 bridgehead atoms. The number of amides is 1. The average molecular weight is 237 g/mol. The summed E-state index contributed by atoms with van der Waals surface area (Å²) in [5.74, 6) is -1.59. The number of fused-ring (bicyclic) bond motifs is 2. The Morgan fingerprint density at radius 1 is 1.24 bits per heavy atom. The van der Waals surface area contributed by atoms with E-state index in [1.807, 2.05) is 26.0 Å². The molecule has 0 saturated heterocycles. The van der Waals surface area contributed by atoms with E-state index in [9.17, 15) is 14.7 Å². The van der Waals surface area contributed by atoms with Crippen molar-refractivity contribution in [2.45, 2.75) is 26.3 Å². The van der Waals surface area contributed by atoms with Crippen LogP contribution in [0.4, 0.5) is 0 Å². The van der Waals surface area contributed by atoms with E-state index >= 15 is 0 Å². The lowest BCUT2D eigenvalue weighted by Gasteiger charge is -2.30. The van der Waals surface area contributed by atoms with Gasteiger partial charge in [-0.3, -0.25) is 9.59 Å². The lowest BCUT2D eigenvalue weighted by molar-refractivity contribution is -0.151. The fourth-order valence-electron chi connectivity index (χ4n) is 2.99. The van der Waals surface area contributed by atoms with E-state index in [0.29, 0.717) is 0 Å². The maximum absolute atomic E-state index is 12.3. The largest absolute Gasteiger partial charge is 0.481 e. The van der Waals surface area contributed by atoms with Crippen LogP contribution in [0, 0.1) is 23.7 Å². The summed E-state index contributed by atoms with van der Waals surface area (Å²) in [6.45, 7) is 3.88. The first-order chi connectivity index (χ1) is 7.93. The number of aliphatic carboxylic acids is 1. The standard InChI is InChI=1S/C13H19NO3/c1-7(2)14(3)12(15)10-8-4-5-9(6-8)11(10)13(16)17/h4-5,7-11H,6H2,1-3H3,(H,16,17)/t8?,9?,10-,11+/m0/s1. The van der Waals surface area contributed by atoms with Gasteiger partial charge in [0.05, 0.1) is 11.8 Å². The minimum absolute atomic E-state index is 0.0238. The Morgan fingerprint density at radius 3 is 2.24 bits per heavy atom. The van der Waals surface area contributed by atoms with E-state index in [0.717, 1.165) is 6.42 Å². The van der Waals surface area contributed by atoms with Crippen LogP contribution in [-0.4, -0.2) is 35.0 Å². The second-order valence-corrected chi connectivity index (χ2v) is 5.38. The van der Waals surface area contributed by atoms with Crippen molar-refractivity contribution in [2.75, 3.05) is 7.05 Å². The third kappa shape index (κ3) is 1.85. The smallest absolute Gasteiger partial charge is 0.307 e. The summed E-state index contributed by atoms with van der Waals surface area (Å²) < 4.78 is 0. The van der Waals surface area contributed by atoms with Gasteiger partial charge in [-0.2, -0.15) is 0 Å². The summed E-state index contributed by atoms with van der Waals surface area (Å²) in [5.41, 5.74) is 0. The molecule has 2 unspecified atom stereocenters. The van der Waals surface area contributed by atoms with Gasteiger partial charge < -0.3 is 10.0 Å². The second-order valence-electron chi connectivity index (χ2n) is 5.38. The highest BCUT2D eigenvalue weighted by atomic mass is 16.4. The molecule has 1 fully saturated rings. The van der Waals surface area contributed by atoms with Crippen molar-refractivity contribution in [1.82, 2.24) is 4.90 Å². The van der Waals surface area contributed by atoms with Crippen molar-refractivity contribution in [3.05, 3.63) is 12.2 Å². The van der Waals surface area contributed by atoms with E-state index in [1.54, 1.807) is 11.9 Å². The summed E-state index contributed by atoms with van der Waals surface area (Å²) in [6, 6.07) is 0.111. The third-order valence-corrected chi connectivity index (χ3v) is 4.15. The molecule has 0 spiro atoms. The number of allylic oxidation sites excluding steroid dienone is 2. The van der Waals surface area contributed by atoms with Crippen molar-refractivity contribution in [3.8, 4) is 0 Å². The molecule has 1 saturated carbocycles. The molecule has 0 radical (unpaired) electrons. The van der Waals surface area contributed by atoms with Gasteiger partial charge in [0.15, 0.2) is 0 Å². The first kappa shape index (κ1) is 12.1. The molecule has 4 atom stereocenters. The highest BCUT2D eigenvalue weighted by molar-refractivity contribution is 5.86. The zero-order valence-corrected chi connectivity index (χ0v) is 10.5. The molecule has 0 aromatic rings. The Hall–Kier alpha value is -1.32. The Kier molecular flexibility index (Phi) is 2.98. The van der Waals surface area contributed by atoms with E-state index < -0.39 is 11.9 Å². The van der Waals surface area contributed by atoms with Gasteiger partial charge in [-0.25, -0.2) is 0 Å². The molecule has 0 aromatic heterocycles. The molecule has 2 aliphatic carbocycles. The molecular formula is C13H19NO3. The Bertz CT molecular complexity index is 375. The van der Waals surface area contributed by atoms with Crippen LogP contribution in [0.5, 0.6) is 0 Å². The maximum Gasteiger partial charge on any atom is 0.307 e. The number of hydrogen-bond donors (Lipinski definition) is 1. The van der Waals surface area contributed by atoms with Gasteiger partial charge in [-0.15, -0.1) is 0 Å². The number of nitrogens with zero attached hydrogens (tertiary/aromatic N) is 1. The Morgan fingerprint density at radius 2 is 1.76 bits per heavy atom. The van der Waals surface area contributed by atoms with Gasteiger partial charge in [0.1, 0.15) is 0 Å². The number of carboxylic acid groups (broad SMARTS) is 1. The number of carbonyl (C=O) groups excluding carboxylic acids is 1. The Labute approximate surface area is 101 Å². The lowest BCUT2D eigenvalue weighted by Crippen LogP contribution is -2.43. The van der Waals surface area contributed by atoms with Gasteiger partial charge in [0, 0.05) is 13.1 Å². The molecule has 2 rings (SSSR count). The first-order valence-electron chi connectivity index (χ1n) is 6.11. The zero-order valence-electron chi connectivity index (χ0n) is 10.5. The molecule has 2 aliphatic rings. The highest BCUT2D eigenvalue weighted by Gasteiger charge is 2.52. The molecule has 1 N–H and O–H groups in total. The van der Waals surface area contributed by atoms with E-state index in [1.165, 1.54) is 0 Å². The van der Waals surface area contributed by atoms with Crippen molar-refractivity contribution in [3.63, 3.8) is 0 Å². The van der Waals surface area contributed by atoms with Crippen molar-refractivity contribution in [2.24, 2.45) is 23.7 Å². The molecule has 17 heavy (non-hydrogen) atoms. The van der Waals surface area contributed by atoms with Crippen LogP contribution in [0.15, 0.2) is 12.2 Å². The van der Waals surface area contributed by atoms with Crippen molar-refractivity contribution >= 4 is 11.9 Å². The molecule has 94 valence electrons. The molecule has 4 heteroatoms. The molecule has 0 aromatic carbocycles. The fraction of sp³-hybridized carbons (Fsp3) is 0.692. The van der Waals surface area contributed by atoms with Gasteiger partial charge >= 0.3 is 5.97 Å². The predicted molar refractivity (Wildman–Crippen MR) is 63.3 cm³/mol. The van der Waals surface area contributed by atoms with Crippen molar-refractivity contribution in [1.29, 1.82) is 0 Å². The second kappa shape index (κ2) is 4.17. The quantitative estimate of drug-likeness (QED) is 0.754. The minimum atomic E-state index is -0.836. The van der Waals surface area contributed by atoms with Crippen LogP contribution in [0.1, 0.15) is 20.3 Å². The number of hydrogen-bond acceptors (Lipinski definition) is 2. The molecule has 4 nitrogen and oxygen atoms in total. The summed E-state index contributed by atoms with van der Waals surface area (Å²) in [6.07, 6.45) is 4.79. The summed E-state index contributed by atoms with van der Waals surface area (Å²) in [7, 11) is 1.75. The lowest BCUT2D eigenvalue weighted by atomic mass is 9.82. The molecular weight excluding hydrogens is 218 g/mol. The third-order valence-electron chi connectivity index (χ3n) is 4.15. The topological polar surface area (TPSA) is 57.6 Å². The van der Waals surface area contributed by atoms with Crippen LogP contribution in [-0.2, 0) is 9.59 Å². The maximum atomic E-state index is 12.3. The van der Waals surface area contributed by atoms with Crippen LogP contribution < -0.4 is 0 Å². The minimum Gasteiger partial charge on any atom is -0.481 e. The van der Waals surface area contributed by atoms with Gasteiger partial charge in [0.2, 0.25) is 5.91 Å². The summed E-state index contributed by atoms with van der Waals surface area (Å²) in [5, 5.41) is 9.27. The summed E-state index contributed by atoms with van der Waals surface area (Å²) >= 11 is 0. The number of carbonyl (C=O) groups is 2. The van der Waals surface area contributed by atoms with E-state index in [4.69, 9.17) is 0 Å². The Balaban J connectivity index is 2.22. The SMILES string of the molecule is CC(C)N(C)C(=O)[C@H]1C2C=CC(C2)[C@H]1C(=O)O. The van der Waals surface area contributed by atoms with Crippen LogP contribution in [0.25, 0.3) is 0 Å². The number of rotatable bonds is 3. The van der Waals surface area contributed by atoms with Crippen LogP contribution >= 0.6 is 0 Å². The highest BCUT2D eigenvalue weighted by Crippen LogP contribution is 2.48. The molecule has 0 aliphatic heterocycles. The van der Waals surface area contributed by atoms with Gasteiger partial charge in [-0.05, 0) is 32.1 Å². The van der Waals surface area contributed by atoms with E-state index in [-0.39, 0.29) is 29.7 Å². The van der Waals surface area contributed by atoms with Gasteiger partial charge in [-0.1, -0.05) is 12.2 Å². The van der Waals surface area contributed by atoms with Crippen LogP contribution in [0.3, 0.4) is 0 Å². The predicted octanol–water partition coefficient (Wildman–Crippen LogP) is 1.38. The molecule has 0 heterocycles. The molecule has 1 amide bonds. The average Bonchev–Trinajstić information content (AvgIpc) is 2.85.